The fourth-order valence-corrected chi connectivity index (χ4v) is 2.45. The summed E-state index contributed by atoms with van der Waals surface area (Å²) in [6.45, 7) is 3.48. The van der Waals surface area contributed by atoms with Crippen LogP contribution in [0.4, 0.5) is 5.69 Å². The second-order valence-electron chi connectivity index (χ2n) is 5.10. The molecule has 0 bridgehead atoms. The fraction of sp³-hybridized carbons (Fsp3) is 0.385. The van der Waals surface area contributed by atoms with E-state index in [0.29, 0.717) is 17.1 Å². The first-order chi connectivity index (χ1) is 8.72. The van der Waals surface area contributed by atoms with Crippen molar-refractivity contribution >= 4 is 40.6 Å². The molecule has 1 aliphatic rings. The minimum atomic E-state index is -0.933. The van der Waals surface area contributed by atoms with Crippen molar-refractivity contribution in [1.29, 1.82) is 0 Å². The van der Waals surface area contributed by atoms with Gasteiger partial charge in [-0.1, -0.05) is 23.2 Å². The molecule has 1 aliphatic heterocycles. The highest BCUT2D eigenvalue weighted by Crippen LogP contribution is 2.40. The first-order valence-electron chi connectivity index (χ1n) is 5.79. The molecule has 6 heteroatoms. The lowest BCUT2D eigenvalue weighted by atomic mass is 10.1. The monoisotopic (exact) mass is 301 g/mol. The van der Waals surface area contributed by atoms with Crippen LogP contribution in [0.5, 0.6) is 0 Å². The van der Waals surface area contributed by atoms with Crippen LogP contribution >= 0.6 is 23.2 Å². The summed E-state index contributed by atoms with van der Waals surface area (Å²) in [4.78, 5) is 25.2. The molecule has 19 heavy (non-hydrogen) atoms. The molecule has 0 aliphatic carbocycles. The van der Waals surface area contributed by atoms with Gasteiger partial charge < -0.3 is 10.0 Å². The third kappa shape index (κ3) is 2.61. The Bertz CT molecular complexity index is 564. The van der Waals surface area contributed by atoms with E-state index in [9.17, 15) is 14.7 Å². The molecule has 1 heterocycles. The topological polar surface area (TPSA) is 57.6 Å². The van der Waals surface area contributed by atoms with Gasteiger partial charge in [0.25, 0.3) is 11.7 Å². The number of aliphatic hydroxyl groups is 1. The molecule has 0 unspecified atom stereocenters. The zero-order valence-corrected chi connectivity index (χ0v) is 12.0. The molecule has 0 spiro atoms. The third-order valence-corrected chi connectivity index (χ3v) is 3.58. The Kier molecular flexibility index (Phi) is 3.60. The lowest BCUT2D eigenvalue weighted by Gasteiger charge is -2.23. The first kappa shape index (κ1) is 14.3. The molecule has 1 N–H and O–H groups in total. The summed E-state index contributed by atoms with van der Waals surface area (Å²) >= 11 is 12.0. The number of carbonyl (C=O) groups is 2. The van der Waals surface area contributed by atoms with Crippen molar-refractivity contribution in [1.82, 2.24) is 0 Å². The van der Waals surface area contributed by atoms with E-state index in [1.54, 1.807) is 19.9 Å². The lowest BCUT2D eigenvalue weighted by Crippen LogP contribution is -2.34. The summed E-state index contributed by atoms with van der Waals surface area (Å²) in [6, 6.07) is 3.04. The van der Waals surface area contributed by atoms with Gasteiger partial charge in [0.1, 0.15) is 0 Å². The molecule has 4 nitrogen and oxygen atoms in total. The zero-order valence-electron chi connectivity index (χ0n) is 10.5. The minimum absolute atomic E-state index is 0.148. The van der Waals surface area contributed by atoms with Gasteiger partial charge in [-0.05, 0) is 32.4 Å². The summed E-state index contributed by atoms with van der Waals surface area (Å²) in [6.07, 6.45) is 0.328. The summed E-state index contributed by atoms with van der Waals surface area (Å²) in [5, 5.41) is 10.2. The number of carbonyl (C=O) groups excluding carboxylic acids is 2. The van der Waals surface area contributed by atoms with E-state index in [1.807, 2.05) is 0 Å². The fourth-order valence-electron chi connectivity index (χ4n) is 1.95. The van der Waals surface area contributed by atoms with Crippen LogP contribution in [-0.2, 0) is 4.79 Å². The number of amides is 1. The quantitative estimate of drug-likeness (QED) is 0.873. The van der Waals surface area contributed by atoms with Gasteiger partial charge >= 0.3 is 0 Å². The molecule has 1 amide bonds. The summed E-state index contributed by atoms with van der Waals surface area (Å²) in [7, 11) is 0. The molecule has 0 radical (unpaired) electrons. The van der Waals surface area contributed by atoms with Crippen molar-refractivity contribution < 1.29 is 14.7 Å². The van der Waals surface area contributed by atoms with Crippen LogP contribution < -0.4 is 4.90 Å². The summed E-state index contributed by atoms with van der Waals surface area (Å²) in [5.41, 5.74) is -0.444. The lowest BCUT2D eigenvalue weighted by molar-refractivity contribution is -0.114. The van der Waals surface area contributed by atoms with Crippen LogP contribution in [0.3, 0.4) is 0 Å². The molecular weight excluding hydrogens is 289 g/mol. The van der Waals surface area contributed by atoms with E-state index >= 15 is 0 Å². The van der Waals surface area contributed by atoms with Gasteiger partial charge in [-0.2, -0.15) is 0 Å². The van der Waals surface area contributed by atoms with Crippen LogP contribution in [0, 0.1) is 0 Å². The van der Waals surface area contributed by atoms with E-state index < -0.39 is 17.3 Å². The van der Waals surface area contributed by atoms with E-state index in [2.05, 4.69) is 0 Å². The predicted molar refractivity (Wildman–Crippen MR) is 74.1 cm³/mol. The molecule has 0 saturated heterocycles. The smallest absolute Gasteiger partial charge is 0.299 e. The Hall–Kier alpha value is -1.10. The van der Waals surface area contributed by atoms with E-state index in [-0.39, 0.29) is 17.1 Å². The Morgan fingerprint density at radius 3 is 2.37 bits per heavy atom. The van der Waals surface area contributed by atoms with Gasteiger partial charge in [0.2, 0.25) is 0 Å². The molecule has 102 valence electrons. The average molecular weight is 302 g/mol. The van der Waals surface area contributed by atoms with Crippen LogP contribution in [0.1, 0.15) is 30.6 Å². The summed E-state index contributed by atoms with van der Waals surface area (Å²) in [5.74, 6) is -1.31. The van der Waals surface area contributed by atoms with Crippen LogP contribution in [0.2, 0.25) is 10.0 Å². The second kappa shape index (κ2) is 4.78. The number of nitrogens with zero attached hydrogens (tertiary/aromatic N) is 1. The van der Waals surface area contributed by atoms with Crippen LogP contribution in [0.15, 0.2) is 12.1 Å². The number of hydrogen-bond acceptors (Lipinski definition) is 3. The molecule has 0 fully saturated rings. The van der Waals surface area contributed by atoms with Crippen molar-refractivity contribution in [3.8, 4) is 0 Å². The molecule has 0 saturated carbocycles. The van der Waals surface area contributed by atoms with Crippen molar-refractivity contribution in [2.75, 3.05) is 11.4 Å². The Morgan fingerprint density at radius 1 is 1.21 bits per heavy atom. The van der Waals surface area contributed by atoms with Gasteiger partial charge in [0, 0.05) is 6.54 Å². The predicted octanol–water partition coefficient (Wildman–Crippen LogP) is 2.68. The molecular formula is C13H13Cl2NO3. The second-order valence-corrected chi connectivity index (χ2v) is 5.92. The highest BCUT2D eigenvalue weighted by atomic mass is 35.5. The van der Waals surface area contributed by atoms with E-state index in [1.165, 1.54) is 11.0 Å². The number of halogens is 2. The van der Waals surface area contributed by atoms with E-state index in [0.717, 1.165) is 0 Å². The van der Waals surface area contributed by atoms with Crippen molar-refractivity contribution in [2.24, 2.45) is 0 Å². The van der Waals surface area contributed by atoms with Crippen molar-refractivity contribution in [2.45, 2.75) is 25.9 Å². The standard InChI is InChI=1S/C13H13Cl2NO3/c1-13(2,19)5-6-16-10-8(15)4-3-7(14)9(10)11(17)12(16)18/h3-4,19H,5-6H2,1-2H3. The first-order valence-corrected chi connectivity index (χ1v) is 6.54. The number of anilines is 1. The maximum Gasteiger partial charge on any atom is 0.299 e. The molecule has 0 aromatic heterocycles. The third-order valence-electron chi connectivity index (χ3n) is 2.96. The number of rotatable bonds is 3. The van der Waals surface area contributed by atoms with Gasteiger partial charge in [-0.3, -0.25) is 9.59 Å². The number of ketones is 1. The number of hydrogen-bond donors (Lipinski definition) is 1. The highest BCUT2D eigenvalue weighted by Gasteiger charge is 2.39. The molecule has 1 aromatic carbocycles. The van der Waals surface area contributed by atoms with Crippen molar-refractivity contribution in [3.05, 3.63) is 27.7 Å². The molecule has 1 aromatic rings. The molecule has 0 atom stereocenters. The number of fused-ring (bicyclic) bond motifs is 1. The molecule has 2 rings (SSSR count). The zero-order chi connectivity index (χ0) is 14.4. The number of benzene rings is 1. The summed E-state index contributed by atoms with van der Waals surface area (Å²) < 4.78 is 0. The minimum Gasteiger partial charge on any atom is -0.390 e. The maximum absolute atomic E-state index is 12.0. The van der Waals surface area contributed by atoms with Crippen LogP contribution in [-0.4, -0.2) is 28.9 Å². The van der Waals surface area contributed by atoms with Gasteiger partial charge in [0.05, 0.1) is 26.9 Å². The normalized spacial score (nSPS) is 15.1. The number of Topliss-reactive ketones (excluding diaryl/α,β-unsaturated/α-hetero) is 1. The SMILES string of the molecule is CC(C)(O)CCN1C(=O)C(=O)c2c(Cl)ccc(Cl)c21. The van der Waals surface area contributed by atoms with Gasteiger partial charge in [-0.15, -0.1) is 0 Å². The average Bonchev–Trinajstić information content (AvgIpc) is 2.55. The Morgan fingerprint density at radius 2 is 1.79 bits per heavy atom. The van der Waals surface area contributed by atoms with Crippen molar-refractivity contribution in [3.63, 3.8) is 0 Å². The van der Waals surface area contributed by atoms with Crippen LogP contribution in [0.25, 0.3) is 0 Å². The maximum atomic E-state index is 12.0. The van der Waals surface area contributed by atoms with E-state index in [4.69, 9.17) is 23.2 Å². The van der Waals surface area contributed by atoms with Gasteiger partial charge in [-0.25, -0.2) is 0 Å². The Labute approximate surface area is 120 Å². The Balaban J connectivity index is 2.42. The highest BCUT2D eigenvalue weighted by molar-refractivity contribution is 6.56. The van der Waals surface area contributed by atoms with Gasteiger partial charge in [0.15, 0.2) is 0 Å². The largest absolute Gasteiger partial charge is 0.390 e.